The molecule has 2 aliphatic rings. The number of hydrogen-bond donors (Lipinski definition) is 2. The average molecular weight is 176 g/mol. The minimum absolute atomic E-state index is 0.521. The maximum atomic E-state index is 7.66. The predicted molar refractivity (Wildman–Crippen MR) is 54.7 cm³/mol. The Labute approximate surface area is 79.0 Å². The van der Waals surface area contributed by atoms with Gasteiger partial charge in [-0.1, -0.05) is 6.58 Å². The van der Waals surface area contributed by atoms with Crippen molar-refractivity contribution in [3.8, 4) is 0 Å². The lowest BCUT2D eigenvalue weighted by atomic mass is 9.83. The largest absolute Gasteiger partial charge is 0.402 e. The summed E-state index contributed by atoms with van der Waals surface area (Å²) in [6.45, 7) is 3.61. The van der Waals surface area contributed by atoms with Crippen LogP contribution in [0, 0.1) is 10.8 Å². The molecule has 0 aromatic heterocycles. The van der Waals surface area contributed by atoms with Crippen molar-refractivity contribution in [2.45, 2.75) is 32.1 Å². The second kappa shape index (κ2) is 2.72. The molecule has 0 heterocycles. The highest BCUT2D eigenvalue weighted by atomic mass is 14.7. The molecule has 2 rings (SSSR count). The number of nitrogens with two attached hydrogens (primary N) is 1. The maximum Gasteiger partial charge on any atom is 0.0583 e. The van der Waals surface area contributed by atoms with Gasteiger partial charge in [-0.15, -0.1) is 0 Å². The van der Waals surface area contributed by atoms with E-state index < -0.39 is 0 Å². The van der Waals surface area contributed by atoms with Crippen LogP contribution in [0.2, 0.25) is 0 Å². The Bertz CT molecular complexity index is 295. The third kappa shape index (κ3) is 1.41. The summed E-state index contributed by atoms with van der Waals surface area (Å²) in [5, 5.41) is 7.66. The molecule has 0 aliphatic heterocycles. The Hall–Kier alpha value is -1.05. The second-order valence-electron chi connectivity index (χ2n) is 4.30. The molecule has 1 spiro atoms. The molecule has 1 fully saturated rings. The maximum absolute atomic E-state index is 7.66. The first-order valence-corrected chi connectivity index (χ1v) is 4.86. The van der Waals surface area contributed by atoms with Gasteiger partial charge in [-0.25, -0.2) is 0 Å². The minimum Gasteiger partial charge on any atom is -0.402 e. The fourth-order valence-corrected chi connectivity index (χ4v) is 2.18. The number of rotatable bonds is 2. The summed E-state index contributed by atoms with van der Waals surface area (Å²) in [5.74, 6) is 0. The smallest absolute Gasteiger partial charge is 0.0583 e. The summed E-state index contributed by atoms with van der Waals surface area (Å²) < 4.78 is 0. The van der Waals surface area contributed by atoms with Gasteiger partial charge in [0, 0.05) is 5.70 Å². The van der Waals surface area contributed by atoms with Crippen LogP contribution < -0.4 is 5.73 Å². The van der Waals surface area contributed by atoms with Crippen LogP contribution in [-0.2, 0) is 0 Å². The van der Waals surface area contributed by atoms with Gasteiger partial charge in [-0.05, 0) is 49.2 Å². The molecule has 2 aliphatic carbocycles. The molecule has 2 nitrogen and oxygen atoms in total. The molecule has 0 saturated heterocycles. The van der Waals surface area contributed by atoms with E-state index in [1.807, 2.05) is 0 Å². The van der Waals surface area contributed by atoms with Crippen molar-refractivity contribution in [2.24, 2.45) is 11.1 Å². The second-order valence-corrected chi connectivity index (χ2v) is 4.30. The molecule has 0 atom stereocenters. The summed E-state index contributed by atoms with van der Waals surface area (Å²) in [5.41, 5.74) is 9.01. The van der Waals surface area contributed by atoms with E-state index in [9.17, 15) is 0 Å². The van der Waals surface area contributed by atoms with E-state index in [0.29, 0.717) is 11.1 Å². The number of nitrogens with one attached hydrogen (secondary N) is 1. The molecule has 13 heavy (non-hydrogen) atoms. The molecular formula is C11H16N2. The average Bonchev–Trinajstić information content (AvgIpc) is 2.84. The van der Waals surface area contributed by atoms with Gasteiger partial charge in [0.15, 0.2) is 0 Å². The van der Waals surface area contributed by atoms with Gasteiger partial charge >= 0.3 is 0 Å². The molecule has 0 amide bonds. The highest BCUT2D eigenvalue weighted by molar-refractivity contribution is 6.06. The van der Waals surface area contributed by atoms with E-state index in [1.165, 1.54) is 19.3 Å². The van der Waals surface area contributed by atoms with Crippen molar-refractivity contribution < 1.29 is 0 Å². The van der Waals surface area contributed by atoms with Crippen molar-refractivity contribution in [2.75, 3.05) is 0 Å². The standard InChI is InChI=1S/C11H16N2/c1-2-9(12)8-3-4-11(5-6-11)7-10(8)13/h2,12H,1,3-7,13H2. The van der Waals surface area contributed by atoms with E-state index in [2.05, 4.69) is 6.58 Å². The fraction of sp³-hybridized carbons (Fsp3) is 0.545. The zero-order valence-electron chi connectivity index (χ0n) is 7.90. The summed E-state index contributed by atoms with van der Waals surface area (Å²) >= 11 is 0. The predicted octanol–water partition coefficient (Wildman–Crippen LogP) is 2.37. The molecule has 0 aromatic rings. The SMILES string of the molecule is C=CC(=N)C1=C(N)CC2(CC1)CC2. The van der Waals surface area contributed by atoms with Crippen LogP contribution in [0.1, 0.15) is 32.1 Å². The van der Waals surface area contributed by atoms with E-state index in [-0.39, 0.29) is 0 Å². The molecule has 0 radical (unpaired) electrons. The van der Waals surface area contributed by atoms with Crippen LogP contribution >= 0.6 is 0 Å². The Balaban J connectivity index is 2.19. The van der Waals surface area contributed by atoms with Gasteiger partial charge in [0.2, 0.25) is 0 Å². The third-order valence-corrected chi connectivity index (χ3v) is 3.34. The molecule has 2 heteroatoms. The highest BCUT2D eigenvalue weighted by Gasteiger charge is 2.44. The molecule has 70 valence electrons. The van der Waals surface area contributed by atoms with Crippen molar-refractivity contribution in [3.05, 3.63) is 23.9 Å². The molecular weight excluding hydrogens is 160 g/mol. The van der Waals surface area contributed by atoms with Gasteiger partial charge < -0.3 is 11.1 Å². The van der Waals surface area contributed by atoms with Crippen LogP contribution in [-0.4, -0.2) is 5.71 Å². The Morgan fingerprint density at radius 2 is 2.15 bits per heavy atom. The molecule has 3 N–H and O–H groups in total. The summed E-state index contributed by atoms with van der Waals surface area (Å²) in [6, 6.07) is 0. The quantitative estimate of drug-likeness (QED) is 0.623. The molecule has 0 aromatic carbocycles. The summed E-state index contributed by atoms with van der Waals surface area (Å²) in [7, 11) is 0. The van der Waals surface area contributed by atoms with Gasteiger partial charge in [0.1, 0.15) is 0 Å². The van der Waals surface area contributed by atoms with Gasteiger partial charge in [-0.3, -0.25) is 0 Å². The third-order valence-electron chi connectivity index (χ3n) is 3.34. The lowest BCUT2D eigenvalue weighted by molar-refractivity contribution is 0.437. The van der Waals surface area contributed by atoms with E-state index in [0.717, 1.165) is 24.1 Å². The lowest BCUT2D eigenvalue weighted by Crippen LogP contribution is -2.19. The van der Waals surface area contributed by atoms with Crippen LogP contribution in [0.5, 0.6) is 0 Å². The van der Waals surface area contributed by atoms with Crippen LogP contribution in [0.4, 0.5) is 0 Å². The first-order chi connectivity index (χ1) is 6.17. The Kier molecular flexibility index (Phi) is 1.79. The topological polar surface area (TPSA) is 49.9 Å². The highest BCUT2D eigenvalue weighted by Crippen LogP contribution is 2.56. The molecule has 1 saturated carbocycles. The van der Waals surface area contributed by atoms with Crippen LogP contribution in [0.3, 0.4) is 0 Å². The summed E-state index contributed by atoms with van der Waals surface area (Å²) in [6.07, 6.45) is 7.48. The van der Waals surface area contributed by atoms with Crippen molar-refractivity contribution in [1.82, 2.24) is 0 Å². The zero-order chi connectivity index (χ0) is 9.47. The zero-order valence-corrected chi connectivity index (χ0v) is 7.90. The van der Waals surface area contributed by atoms with Crippen LogP contribution in [0.25, 0.3) is 0 Å². The van der Waals surface area contributed by atoms with Crippen LogP contribution in [0.15, 0.2) is 23.9 Å². The van der Waals surface area contributed by atoms with E-state index in [1.54, 1.807) is 6.08 Å². The lowest BCUT2D eigenvalue weighted by Gasteiger charge is -2.24. The summed E-state index contributed by atoms with van der Waals surface area (Å²) in [4.78, 5) is 0. The molecule has 0 unspecified atom stereocenters. The van der Waals surface area contributed by atoms with E-state index in [4.69, 9.17) is 11.1 Å². The number of allylic oxidation sites excluding steroid dienone is 3. The first-order valence-electron chi connectivity index (χ1n) is 4.86. The van der Waals surface area contributed by atoms with Crippen molar-refractivity contribution in [3.63, 3.8) is 0 Å². The van der Waals surface area contributed by atoms with Gasteiger partial charge in [-0.2, -0.15) is 0 Å². The fourth-order valence-electron chi connectivity index (χ4n) is 2.18. The molecule has 0 bridgehead atoms. The first kappa shape index (κ1) is 8.54. The Morgan fingerprint density at radius 1 is 1.46 bits per heavy atom. The normalized spacial score (nSPS) is 24.6. The van der Waals surface area contributed by atoms with E-state index >= 15 is 0 Å². The monoisotopic (exact) mass is 176 g/mol. The van der Waals surface area contributed by atoms with Crippen molar-refractivity contribution in [1.29, 1.82) is 5.41 Å². The number of hydrogen-bond acceptors (Lipinski definition) is 2. The van der Waals surface area contributed by atoms with Gasteiger partial charge in [0.05, 0.1) is 5.71 Å². The Morgan fingerprint density at radius 3 is 2.62 bits per heavy atom. The van der Waals surface area contributed by atoms with Crippen molar-refractivity contribution >= 4 is 5.71 Å². The van der Waals surface area contributed by atoms with Gasteiger partial charge in [0.25, 0.3) is 0 Å². The minimum atomic E-state index is 0.521.